The Morgan fingerprint density at radius 1 is 1.17 bits per heavy atom. The van der Waals surface area contributed by atoms with E-state index in [0.717, 1.165) is 91.6 Å². The summed E-state index contributed by atoms with van der Waals surface area (Å²) in [7, 11) is 3.76. The molecule has 1 amide bonds. The van der Waals surface area contributed by atoms with Crippen LogP contribution in [0.2, 0.25) is 0 Å². The van der Waals surface area contributed by atoms with Crippen molar-refractivity contribution in [3.05, 3.63) is 65.2 Å². The van der Waals surface area contributed by atoms with Gasteiger partial charge in [0.25, 0.3) is 0 Å². The van der Waals surface area contributed by atoms with E-state index in [2.05, 4.69) is 49.7 Å². The number of nitrogens with one attached hydrogen (secondary N) is 2. The van der Waals surface area contributed by atoms with Crippen LogP contribution in [0.25, 0.3) is 5.57 Å². The van der Waals surface area contributed by atoms with Crippen molar-refractivity contribution in [2.24, 2.45) is 0 Å². The van der Waals surface area contributed by atoms with E-state index in [9.17, 15) is 4.79 Å². The molecule has 2 fully saturated rings. The summed E-state index contributed by atoms with van der Waals surface area (Å²) >= 11 is 0. The van der Waals surface area contributed by atoms with E-state index in [1.54, 1.807) is 7.11 Å². The molecule has 0 spiro atoms. The quantitative estimate of drug-likeness (QED) is 0.399. The number of benzene rings is 1. The first-order valence-corrected chi connectivity index (χ1v) is 14.8. The van der Waals surface area contributed by atoms with Crippen LogP contribution >= 0.6 is 0 Å². The van der Waals surface area contributed by atoms with E-state index >= 15 is 0 Å². The molecule has 6 rings (SSSR count). The van der Waals surface area contributed by atoms with Crippen LogP contribution in [-0.2, 0) is 20.7 Å². The lowest BCUT2D eigenvalue weighted by atomic mass is 9.99. The van der Waals surface area contributed by atoms with Gasteiger partial charge in [-0.25, -0.2) is 9.97 Å². The average molecular weight is 573 g/mol. The summed E-state index contributed by atoms with van der Waals surface area (Å²) in [5.74, 6) is 0.491. The largest absolute Gasteiger partial charge is 0.383 e. The maximum absolute atomic E-state index is 13.5. The molecule has 2 N–H and O–H groups in total. The lowest BCUT2D eigenvalue weighted by Crippen LogP contribution is -2.54. The molecule has 3 aromatic rings. The Hall–Kier alpha value is -3.64. The van der Waals surface area contributed by atoms with Crippen molar-refractivity contribution in [1.82, 2.24) is 29.5 Å². The molecule has 2 aromatic heterocycles. The summed E-state index contributed by atoms with van der Waals surface area (Å²) in [4.78, 5) is 27.5. The number of nitrogens with zero attached hydrogens (tertiary/aromatic N) is 6. The second-order valence-electron chi connectivity index (χ2n) is 11.4. The van der Waals surface area contributed by atoms with Crippen LogP contribution in [0.15, 0.2) is 42.9 Å². The number of likely N-dealkylation sites (N-methyl/N-ethyl adjacent to an activating group) is 1. The fraction of sp³-hybridized carbons (Fsp3) is 0.484. The summed E-state index contributed by atoms with van der Waals surface area (Å²) in [5, 5.41) is 11.1. The average Bonchev–Trinajstić information content (AvgIpc) is 3.66. The van der Waals surface area contributed by atoms with Crippen LogP contribution in [0.4, 0.5) is 17.3 Å². The third kappa shape index (κ3) is 6.10. The molecule has 11 nitrogen and oxygen atoms in total. The van der Waals surface area contributed by atoms with Crippen molar-refractivity contribution < 1.29 is 14.3 Å². The maximum Gasteiger partial charge on any atom is 0.244 e. The number of aromatic nitrogens is 4. The number of aryl methyl sites for hydroxylation is 1. The molecular formula is C31H40N8O3. The Morgan fingerprint density at radius 2 is 1.98 bits per heavy atom. The van der Waals surface area contributed by atoms with Crippen LogP contribution in [0.1, 0.15) is 41.3 Å². The predicted molar refractivity (Wildman–Crippen MR) is 162 cm³/mol. The molecular weight excluding hydrogens is 532 g/mol. The number of amides is 1. The number of carbonyl (C=O) groups excluding carboxylic acids is 1. The summed E-state index contributed by atoms with van der Waals surface area (Å²) in [6.45, 7) is 7.49. The smallest absolute Gasteiger partial charge is 0.244 e. The number of rotatable bonds is 9. The van der Waals surface area contributed by atoms with Crippen molar-refractivity contribution in [2.45, 2.75) is 38.3 Å². The molecule has 222 valence electrons. The van der Waals surface area contributed by atoms with Crippen molar-refractivity contribution in [2.75, 3.05) is 70.8 Å². The highest BCUT2D eigenvalue weighted by Crippen LogP contribution is 2.37. The molecule has 0 unspecified atom stereocenters. The van der Waals surface area contributed by atoms with Gasteiger partial charge in [0, 0.05) is 70.2 Å². The van der Waals surface area contributed by atoms with Crippen LogP contribution in [0.3, 0.4) is 0 Å². The fourth-order valence-corrected chi connectivity index (χ4v) is 6.02. The molecule has 11 heteroatoms. The number of hydrogen-bond donors (Lipinski definition) is 2. The molecule has 0 radical (unpaired) electrons. The van der Waals surface area contributed by atoms with Gasteiger partial charge in [-0.05, 0) is 56.0 Å². The van der Waals surface area contributed by atoms with Crippen LogP contribution in [-0.4, -0.2) is 102 Å². The molecule has 2 aliphatic heterocycles. The molecule has 1 aliphatic carbocycles. The third-order valence-corrected chi connectivity index (χ3v) is 8.49. The van der Waals surface area contributed by atoms with Crippen molar-refractivity contribution in [3.8, 4) is 0 Å². The first-order chi connectivity index (χ1) is 20.5. The second-order valence-corrected chi connectivity index (χ2v) is 11.4. The second kappa shape index (κ2) is 12.7. The summed E-state index contributed by atoms with van der Waals surface area (Å²) in [5.41, 5.74) is 6.78. The van der Waals surface area contributed by atoms with Gasteiger partial charge in [0.2, 0.25) is 11.9 Å². The van der Waals surface area contributed by atoms with Crippen molar-refractivity contribution in [1.29, 1.82) is 0 Å². The van der Waals surface area contributed by atoms with Gasteiger partial charge in [0.1, 0.15) is 6.04 Å². The summed E-state index contributed by atoms with van der Waals surface area (Å²) < 4.78 is 12.9. The van der Waals surface area contributed by atoms with Gasteiger partial charge >= 0.3 is 0 Å². The van der Waals surface area contributed by atoms with Crippen molar-refractivity contribution >= 4 is 28.8 Å². The Kier molecular flexibility index (Phi) is 8.61. The number of methoxy groups -OCH3 is 1. The zero-order valence-electron chi connectivity index (χ0n) is 24.7. The first kappa shape index (κ1) is 28.5. The standard InChI is InChI=1S/C31H40N8O3/c1-21-17-32-31(34-22-18-33-39(19-22)23-9-15-42-16-10-23)36-29(21)26-8-7-25-24(26)5-4-6-27(25)35-30(40)28(20-41-3)38-13-11-37(2)12-14-38/h4-6,8,17-19,23,28H,7,9-16,20H2,1-3H3,(H,35,40)(H,32,34,36)/t28-/m1/s1. The molecule has 1 atom stereocenters. The van der Waals surface area contributed by atoms with E-state index < -0.39 is 0 Å². The van der Waals surface area contributed by atoms with E-state index in [0.29, 0.717) is 25.0 Å². The topological polar surface area (TPSA) is 110 Å². The highest BCUT2D eigenvalue weighted by Gasteiger charge is 2.30. The first-order valence-electron chi connectivity index (χ1n) is 14.8. The van der Waals surface area contributed by atoms with Gasteiger partial charge in [-0.15, -0.1) is 0 Å². The summed E-state index contributed by atoms with van der Waals surface area (Å²) in [6, 6.07) is 6.10. The normalized spacial score (nSPS) is 18.9. The number of ether oxygens (including phenoxy) is 2. The highest BCUT2D eigenvalue weighted by atomic mass is 16.5. The number of carbonyl (C=O) groups is 1. The van der Waals surface area contributed by atoms with Gasteiger partial charge in [-0.2, -0.15) is 5.10 Å². The lowest BCUT2D eigenvalue weighted by molar-refractivity contribution is -0.124. The molecule has 42 heavy (non-hydrogen) atoms. The van der Waals surface area contributed by atoms with Crippen LogP contribution in [0, 0.1) is 6.92 Å². The van der Waals surface area contributed by atoms with E-state index in [-0.39, 0.29) is 11.9 Å². The predicted octanol–water partition coefficient (Wildman–Crippen LogP) is 3.27. The van der Waals surface area contributed by atoms with Gasteiger partial charge in [0.15, 0.2) is 0 Å². The minimum atomic E-state index is -0.332. The highest BCUT2D eigenvalue weighted by molar-refractivity contribution is 5.97. The Labute approximate surface area is 246 Å². The Morgan fingerprint density at radius 3 is 2.76 bits per heavy atom. The molecule has 3 aliphatic rings. The number of piperazine rings is 1. The third-order valence-electron chi connectivity index (χ3n) is 8.49. The van der Waals surface area contributed by atoms with E-state index in [1.165, 1.54) is 0 Å². The zero-order chi connectivity index (χ0) is 29.1. The molecule has 0 bridgehead atoms. The SMILES string of the molecule is COC[C@H](C(=O)Nc1cccc2c1CC=C2c1nc(Nc2cnn(C3CCOCC3)c2)ncc1C)N1CCN(C)CC1. The number of allylic oxidation sites excluding steroid dienone is 1. The Bertz CT molecular complexity index is 1440. The van der Waals surface area contributed by atoms with Crippen LogP contribution < -0.4 is 10.6 Å². The molecule has 2 saturated heterocycles. The molecule has 1 aromatic carbocycles. The van der Waals surface area contributed by atoms with E-state index in [4.69, 9.17) is 14.5 Å². The maximum atomic E-state index is 13.5. The van der Waals surface area contributed by atoms with Gasteiger partial charge in [-0.3, -0.25) is 14.4 Å². The monoisotopic (exact) mass is 572 g/mol. The minimum Gasteiger partial charge on any atom is -0.383 e. The minimum absolute atomic E-state index is 0.0331. The van der Waals surface area contributed by atoms with Crippen LogP contribution in [0.5, 0.6) is 0 Å². The fourth-order valence-electron chi connectivity index (χ4n) is 6.02. The van der Waals surface area contributed by atoms with E-state index in [1.807, 2.05) is 42.3 Å². The Balaban J connectivity index is 1.18. The van der Waals surface area contributed by atoms with Gasteiger partial charge in [-0.1, -0.05) is 18.2 Å². The molecule has 4 heterocycles. The zero-order valence-corrected chi connectivity index (χ0v) is 24.7. The summed E-state index contributed by atoms with van der Waals surface area (Å²) in [6.07, 6.45) is 10.5. The van der Waals surface area contributed by atoms with Crippen molar-refractivity contribution in [3.63, 3.8) is 0 Å². The number of fused-ring (bicyclic) bond motifs is 1. The lowest BCUT2D eigenvalue weighted by Gasteiger charge is -2.36. The van der Waals surface area contributed by atoms with Gasteiger partial charge < -0.3 is 25.0 Å². The van der Waals surface area contributed by atoms with Gasteiger partial charge in [0.05, 0.1) is 30.2 Å². The number of anilines is 3. The number of hydrogen-bond acceptors (Lipinski definition) is 9. The molecule has 0 saturated carbocycles.